The molecule has 0 fully saturated rings. The Bertz CT molecular complexity index is 1090. The molecule has 0 saturated carbocycles. The van der Waals surface area contributed by atoms with Crippen molar-refractivity contribution in [3.8, 4) is 0 Å². The fourth-order valence-corrected chi connectivity index (χ4v) is 3.72. The van der Waals surface area contributed by atoms with Gasteiger partial charge in [0.1, 0.15) is 0 Å². The predicted octanol–water partition coefficient (Wildman–Crippen LogP) is 5.19. The summed E-state index contributed by atoms with van der Waals surface area (Å²) in [6.45, 7) is 2.11. The van der Waals surface area contributed by atoms with Crippen molar-refractivity contribution < 1.29 is 0 Å². The molecule has 0 radical (unpaired) electrons. The highest BCUT2D eigenvalue weighted by atomic mass is 15.2. The average molecular weight is 376 g/mol. The van der Waals surface area contributed by atoms with E-state index in [2.05, 4.69) is 69.8 Å². The Morgan fingerprint density at radius 2 is 0.862 bits per heavy atom. The van der Waals surface area contributed by atoms with E-state index in [-0.39, 0.29) is 0 Å². The molecule has 140 valence electrons. The van der Waals surface area contributed by atoms with E-state index in [1.807, 2.05) is 36.4 Å². The highest BCUT2D eigenvalue weighted by Crippen LogP contribution is 2.22. The topological polar surface area (TPSA) is 49.4 Å². The number of nitrogens with zero attached hydrogens (tertiary/aromatic N) is 4. The Hall–Kier alpha value is -3.66. The van der Waals surface area contributed by atoms with Crippen LogP contribution in [0.5, 0.6) is 0 Å². The summed E-state index contributed by atoms with van der Waals surface area (Å²) in [5.41, 5.74) is 9.65. The first-order valence-corrected chi connectivity index (χ1v) is 9.76. The van der Waals surface area contributed by atoms with E-state index >= 15 is 0 Å². The molecule has 2 aliphatic rings. The molecule has 0 bridgehead atoms. The van der Waals surface area contributed by atoms with Gasteiger partial charge in [-0.05, 0) is 40.8 Å². The lowest BCUT2D eigenvalue weighted by atomic mass is 9.94. The fraction of sp³-hybridized carbons (Fsp3) is 0.120. The summed E-state index contributed by atoms with van der Waals surface area (Å²) < 4.78 is 0. The zero-order valence-corrected chi connectivity index (χ0v) is 16.2. The van der Waals surface area contributed by atoms with Crippen LogP contribution in [-0.4, -0.2) is 22.8 Å². The standard InChI is InChI=1S/C25H20N4/c1-17-12-20(24-15-22(26-28-24)18-8-4-2-5-9-18)14-21(13-17)25-16-23(27-29-25)19-10-6-3-7-11-19/h2-14H,15-16H2,1H3. The maximum atomic E-state index is 4.47. The van der Waals surface area contributed by atoms with E-state index in [1.165, 1.54) is 5.56 Å². The van der Waals surface area contributed by atoms with Gasteiger partial charge in [-0.15, -0.1) is 0 Å². The second-order valence-corrected chi connectivity index (χ2v) is 7.36. The Kier molecular flexibility index (Phi) is 4.45. The molecule has 4 nitrogen and oxygen atoms in total. The molecule has 0 unspecified atom stereocenters. The van der Waals surface area contributed by atoms with Gasteiger partial charge in [0, 0.05) is 12.8 Å². The van der Waals surface area contributed by atoms with Crippen molar-refractivity contribution in [2.75, 3.05) is 0 Å². The fourth-order valence-electron chi connectivity index (χ4n) is 3.72. The van der Waals surface area contributed by atoms with Crippen molar-refractivity contribution in [1.29, 1.82) is 0 Å². The summed E-state index contributed by atoms with van der Waals surface area (Å²) >= 11 is 0. The lowest BCUT2D eigenvalue weighted by molar-refractivity contribution is 1.26. The smallest absolute Gasteiger partial charge is 0.0763 e. The van der Waals surface area contributed by atoms with Crippen LogP contribution in [0.25, 0.3) is 0 Å². The van der Waals surface area contributed by atoms with Crippen LogP contribution in [-0.2, 0) is 0 Å². The third-order valence-corrected chi connectivity index (χ3v) is 5.21. The number of aryl methyl sites for hydroxylation is 1. The second-order valence-electron chi connectivity index (χ2n) is 7.36. The highest BCUT2D eigenvalue weighted by Gasteiger charge is 2.20. The molecular weight excluding hydrogens is 356 g/mol. The number of rotatable bonds is 4. The first kappa shape index (κ1) is 17.4. The normalized spacial score (nSPS) is 15.6. The Morgan fingerprint density at radius 3 is 1.28 bits per heavy atom. The van der Waals surface area contributed by atoms with E-state index in [9.17, 15) is 0 Å². The van der Waals surface area contributed by atoms with Crippen molar-refractivity contribution in [2.24, 2.45) is 20.4 Å². The summed E-state index contributed by atoms with van der Waals surface area (Å²) in [5, 5.41) is 17.8. The van der Waals surface area contributed by atoms with E-state index in [4.69, 9.17) is 0 Å². The zero-order valence-electron chi connectivity index (χ0n) is 16.2. The van der Waals surface area contributed by atoms with E-state index in [0.717, 1.165) is 57.9 Å². The molecule has 0 spiro atoms. The molecule has 2 heterocycles. The molecule has 3 aromatic rings. The molecule has 0 N–H and O–H groups in total. The van der Waals surface area contributed by atoms with Crippen molar-refractivity contribution in [3.05, 3.63) is 107 Å². The number of hydrogen-bond acceptors (Lipinski definition) is 4. The van der Waals surface area contributed by atoms with E-state index in [1.54, 1.807) is 0 Å². The average Bonchev–Trinajstić information content (AvgIpc) is 3.45. The summed E-state index contributed by atoms with van der Waals surface area (Å²) in [4.78, 5) is 0. The van der Waals surface area contributed by atoms with Crippen molar-refractivity contribution >= 4 is 22.8 Å². The monoisotopic (exact) mass is 376 g/mol. The first-order chi connectivity index (χ1) is 14.3. The Labute approximate surface area is 170 Å². The molecule has 0 atom stereocenters. The SMILES string of the molecule is Cc1cc(C2=NN=C(c3ccccc3)C2)cc(C2=NN=C(c3ccccc3)C2)c1. The van der Waals surface area contributed by atoms with Crippen LogP contribution in [0.3, 0.4) is 0 Å². The molecule has 0 aromatic heterocycles. The van der Waals surface area contributed by atoms with Crippen LogP contribution < -0.4 is 0 Å². The van der Waals surface area contributed by atoms with Gasteiger partial charge in [0.25, 0.3) is 0 Å². The third kappa shape index (κ3) is 3.57. The van der Waals surface area contributed by atoms with Gasteiger partial charge in [-0.2, -0.15) is 20.4 Å². The summed E-state index contributed by atoms with van der Waals surface area (Å²) in [7, 11) is 0. The van der Waals surface area contributed by atoms with Gasteiger partial charge in [-0.25, -0.2) is 0 Å². The van der Waals surface area contributed by atoms with Gasteiger partial charge < -0.3 is 0 Å². The third-order valence-electron chi connectivity index (χ3n) is 5.21. The number of hydrogen-bond donors (Lipinski definition) is 0. The maximum Gasteiger partial charge on any atom is 0.0763 e. The molecule has 0 amide bonds. The van der Waals surface area contributed by atoms with Crippen molar-refractivity contribution in [2.45, 2.75) is 19.8 Å². The molecular formula is C25H20N4. The quantitative estimate of drug-likeness (QED) is 0.602. The molecule has 29 heavy (non-hydrogen) atoms. The van der Waals surface area contributed by atoms with E-state index < -0.39 is 0 Å². The summed E-state index contributed by atoms with van der Waals surface area (Å²) in [6.07, 6.45) is 1.48. The van der Waals surface area contributed by atoms with Gasteiger partial charge in [0.15, 0.2) is 0 Å². The maximum absolute atomic E-state index is 4.47. The molecule has 2 aliphatic heterocycles. The minimum atomic E-state index is 0.741. The highest BCUT2D eigenvalue weighted by molar-refractivity contribution is 6.22. The minimum Gasteiger partial charge on any atom is -0.154 e. The molecule has 5 rings (SSSR count). The molecule has 4 heteroatoms. The van der Waals surface area contributed by atoms with Gasteiger partial charge >= 0.3 is 0 Å². The number of benzene rings is 3. The van der Waals surface area contributed by atoms with E-state index in [0.29, 0.717) is 0 Å². The van der Waals surface area contributed by atoms with Gasteiger partial charge in [-0.3, -0.25) is 0 Å². The predicted molar refractivity (Wildman–Crippen MR) is 119 cm³/mol. The van der Waals surface area contributed by atoms with Crippen molar-refractivity contribution in [1.82, 2.24) is 0 Å². The van der Waals surface area contributed by atoms with Crippen LogP contribution in [0.1, 0.15) is 40.7 Å². The lowest BCUT2D eigenvalue weighted by Crippen LogP contribution is -2.09. The van der Waals surface area contributed by atoms with Gasteiger partial charge in [-0.1, -0.05) is 72.8 Å². The lowest BCUT2D eigenvalue weighted by Gasteiger charge is -2.08. The molecule has 0 aliphatic carbocycles. The largest absolute Gasteiger partial charge is 0.154 e. The Balaban J connectivity index is 1.36. The summed E-state index contributed by atoms with van der Waals surface area (Å²) in [5.74, 6) is 0. The summed E-state index contributed by atoms with van der Waals surface area (Å²) in [6, 6.07) is 27.0. The van der Waals surface area contributed by atoms with Crippen LogP contribution in [0.4, 0.5) is 0 Å². The Morgan fingerprint density at radius 1 is 0.483 bits per heavy atom. The first-order valence-electron chi connectivity index (χ1n) is 9.76. The van der Waals surface area contributed by atoms with Crippen LogP contribution in [0, 0.1) is 6.92 Å². The minimum absolute atomic E-state index is 0.741. The molecule has 0 saturated heterocycles. The molecule has 3 aromatic carbocycles. The van der Waals surface area contributed by atoms with Crippen LogP contribution in [0.15, 0.2) is 99.3 Å². The van der Waals surface area contributed by atoms with Crippen LogP contribution in [0.2, 0.25) is 0 Å². The van der Waals surface area contributed by atoms with Gasteiger partial charge in [0.05, 0.1) is 22.8 Å². The van der Waals surface area contributed by atoms with Gasteiger partial charge in [0.2, 0.25) is 0 Å². The van der Waals surface area contributed by atoms with Crippen LogP contribution >= 0.6 is 0 Å². The van der Waals surface area contributed by atoms with Crippen molar-refractivity contribution in [3.63, 3.8) is 0 Å². The zero-order chi connectivity index (χ0) is 19.6. The second kappa shape index (κ2) is 7.40.